The lowest BCUT2D eigenvalue weighted by Crippen LogP contribution is -2.43. The summed E-state index contributed by atoms with van der Waals surface area (Å²) in [4.78, 5) is 13.9. The van der Waals surface area contributed by atoms with Gasteiger partial charge in [0.05, 0.1) is 6.04 Å². The van der Waals surface area contributed by atoms with E-state index in [2.05, 4.69) is 16.8 Å². The molecule has 0 aromatic carbocycles. The second kappa shape index (κ2) is 5.62. The fourth-order valence-corrected chi connectivity index (χ4v) is 2.42. The molecule has 2 rings (SSSR count). The van der Waals surface area contributed by atoms with Crippen molar-refractivity contribution in [3.05, 3.63) is 11.5 Å². The van der Waals surface area contributed by atoms with Crippen LogP contribution < -0.4 is 5.32 Å². The van der Waals surface area contributed by atoms with Crippen LogP contribution in [-0.4, -0.2) is 36.3 Å². The first-order valence-corrected chi connectivity index (χ1v) is 7.35. The molecule has 16 heavy (non-hydrogen) atoms. The summed E-state index contributed by atoms with van der Waals surface area (Å²) in [5.41, 5.74) is 0. The Morgan fingerprint density at radius 1 is 1.44 bits per heavy atom. The van der Waals surface area contributed by atoms with E-state index in [9.17, 15) is 4.79 Å². The van der Waals surface area contributed by atoms with Gasteiger partial charge in [0.15, 0.2) is 0 Å². The van der Waals surface area contributed by atoms with E-state index in [1.54, 1.807) is 11.8 Å². The zero-order chi connectivity index (χ0) is 11.4. The van der Waals surface area contributed by atoms with Crippen LogP contribution in [0.2, 0.25) is 0 Å². The van der Waals surface area contributed by atoms with E-state index < -0.39 is 0 Å². The highest BCUT2D eigenvalue weighted by Crippen LogP contribution is 2.33. The van der Waals surface area contributed by atoms with E-state index >= 15 is 0 Å². The molecule has 3 nitrogen and oxygen atoms in total. The van der Waals surface area contributed by atoms with Crippen LogP contribution in [0.15, 0.2) is 11.5 Å². The van der Waals surface area contributed by atoms with E-state index in [1.165, 1.54) is 12.8 Å². The number of hydrogen-bond acceptors (Lipinski definition) is 2. The number of likely N-dealkylation sites (tertiary alicyclic amines) is 1. The third-order valence-electron chi connectivity index (χ3n) is 3.24. The Morgan fingerprint density at radius 3 is 2.69 bits per heavy atom. The molecule has 2 amide bonds. The van der Waals surface area contributed by atoms with Crippen molar-refractivity contribution in [1.82, 2.24) is 10.2 Å². The molecular weight excluding hydrogens is 220 g/mol. The van der Waals surface area contributed by atoms with Gasteiger partial charge in [0.2, 0.25) is 0 Å². The Bertz CT molecular complexity index is 270. The predicted octanol–water partition coefficient (Wildman–Crippen LogP) is 2.45. The highest BCUT2D eigenvalue weighted by molar-refractivity contribution is 8.01. The number of nitrogens with zero attached hydrogens (tertiary/aromatic N) is 1. The second-order valence-electron chi connectivity index (χ2n) is 4.57. The molecule has 0 bridgehead atoms. The number of nitrogens with one attached hydrogen (secondary N) is 1. The largest absolute Gasteiger partial charge is 0.331 e. The number of amides is 2. The summed E-state index contributed by atoms with van der Waals surface area (Å²) in [6, 6.07) is 0.376. The number of urea groups is 1. The molecule has 4 heteroatoms. The van der Waals surface area contributed by atoms with Crippen molar-refractivity contribution in [1.29, 1.82) is 0 Å². The van der Waals surface area contributed by atoms with Crippen LogP contribution >= 0.6 is 11.8 Å². The van der Waals surface area contributed by atoms with Gasteiger partial charge >= 0.3 is 6.03 Å². The van der Waals surface area contributed by atoms with Crippen LogP contribution in [0.4, 0.5) is 4.79 Å². The van der Waals surface area contributed by atoms with Gasteiger partial charge in [0, 0.05) is 13.1 Å². The number of carbonyl (C=O) groups excluding carboxylic acids is 1. The van der Waals surface area contributed by atoms with Crippen LogP contribution in [0, 0.1) is 5.92 Å². The van der Waals surface area contributed by atoms with Crippen LogP contribution in [0.5, 0.6) is 0 Å². The molecule has 1 N–H and O–H groups in total. The fraction of sp³-hybridized carbons (Fsp3) is 0.750. The van der Waals surface area contributed by atoms with Crippen molar-refractivity contribution < 1.29 is 4.79 Å². The quantitative estimate of drug-likeness (QED) is 0.818. The maximum absolute atomic E-state index is 11.9. The van der Waals surface area contributed by atoms with Gasteiger partial charge in [-0.15, -0.1) is 11.8 Å². The van der Waals surface area contributed by atoms with Gasteiger partial charge in [0.1, 0.15) is 0 Å². The molecule has 0 spiro atoms. The summed E-state index contributed by atoms with van der Waals surface area (Å²) in [5, 5.41) is 5.22. The fourth-order valence-electron chi connectivity index (χ4n) is 2.10. The lowest BCUT2D eigenvalue weighted by atomic mass is 10.2. The van der Waals surface area contributed by atoms with Crippen LogP contribution in [0.25, 0.3) is 0 Å². The smallest absolute Gasteiger partial charge is 0.317 e. The highest BCUT2D eigenvalue weighted by Gasteiger charge is 2.31. The molecule has 2 aliphatic rings. The SMILES string of the molecule is CS/C=C/C(NC(=O)N1CCCC1)C1CC1. The van der Waals surface area contributed by atoms with Crippen molar-refractivity contribution in [3.8, 4) is 0 Å². The molecule has 1 heterocycles. The zero-order valence-corrected chi connectivity index (χ0v) is 10.6. The average Bonchev–Trinajstić information content (AvgIpc) is 2.98. The molecular formula is C12H20N2OS. The summed E-state index contributed by atoms with van der Waals surface area (Å²) in [7, 11) is 0. The molecule has 1 aliphatic carbocycles. The third kappa shape index (κ3) is 3.17. The Hall–Kier alpha value is -0.640. The monoisotopic (exact) mass is 240 g/mol. The van der Waals surface area contributed by atoms with E-state index in [4.69, 9.17) is 0 Å². The van der Waals surface area contributed by atoms with E-state index in [1.807, 2.05) is 11.2 Å². The Labute approximate surface area is 102 Å². The summed E-state index contributed by atoms with van der Waals surface area (Å²) in [5.74, 6) is 0.676. The van der Waals surface area contributed by atoms with Crippen molar-refractivity contribution in [3.63, 3.8) is 0 Å². The van der Waals surface area contributed by atoms with Gasteiger partial charge in [-0.2, -0.15) is 0 Å². The summed E-state index contributed by atoms with van der Waals surface area (Å²) >= 11 is 1.69. The van der Waals surface area contributed by atoms with Crippen molar-refractivity contribution >= 4 is 17.8 Å². The molecule has 1 atom stereocenters. The maximum atomic E-state index is 11.9. The maximum Gasteiger partial charge on any atom is 0.317 e. The van der Waals surface area contributed by atoms with Crippen LogP contribution in [0.1, 0.15) is 25.7 Å². The summed E-state index contributed by atoms with van der Waals surface area (Å²) in [6.07, 6.45) is 9.00. The minimum Gasteiger partial charge on any atom is -0.331 e. The molecule has 0 radical (unpaired) electrons. The predicted molar refractivity (Wildman–Crippen MR) is 68.5 cm³/mol. The third-order valence-corrected chi connectivity index (χ3v) is 3.66. The van der Waals surface area contributed by atoms with Gasteiger partial charge in [-0.1, -0.05) is 6.08 Å². The minimum absolute atomic E-state index is 0.125. The molecule has 0 aromatic rings. The molecule has 2 fully saturated rings. The second-order valence-corrected chi connectivity index (χ2v) is 5.31. The highest BCUT2D eigenvalue weighted by atomic mass is 32.2. The van der Waals surface area contributed by atoms with Gasteiger partial charge in [0.25, 0.3) is 0 Å². The van der Waals surface area contributed by atoms with E-state index in [0.29, 0.717) is 5.92 Å². The first-order chi connectivity index (χ1) is 7.81. The van der Waals surface area contributed by atoms with Crippen molar-refractivity contribution in [2.24, 2.45) is 5.92 Å². The number of thioether (sulfide) groups is 1. The normalized spacial score (nSPS) is 22.7. The molecule has 90 valence electrons. The standard InChI is InChI=1S/C12H20N2OS/c1-16-9-6-11(10-4-5-10)13-12(15)14-7-2-3-8-14/h6,9-11H,2-5,7-8H2,1H3,(H,13,15)/b9-6+. The van der Waals surface area contributed by atoms with Gasteiger partial charge in [-0.25, -0.2) is 4.79 Å². The lowest BCUT2D eigenvalue weighted by Gasteiger charge is -2.20. The van der Waals surface area contributed by atoms with Crippen LogP contribution in [0.3, 0.4) is 0 Å². The molecule has 1 saturated heterocycles. The Kier molecular flexibility index (Phi) is 4.16. The Morgan fingerprint density at radius 2 is 2.12 bits per heavy atom. The van der Waals surface area contributed by atoms with Gasteiger partial charge < -0.3 is 10.2 Å². The topological polar surface area (TPSA) is 32.3 Å². The molecule has 1 aliphatic heterocycles. The lowest BCUT2D eigenvalue weighted by molar-refractivity contribution is 0.205. The van der Waals surface area contributed by atoms with Crippen LogP contribution in [-0.2, 0) is 0 Å². The summed E-state index contributed by atoms with van der Waals surface area (Å²) in [6.45, 7) is 1.85. The molecule has 0 aromatic heterocycles. The van der Waals surface area contributed by atoms with Crippen molar-refractivity contribution in [2.45, 2.75) is 31.7 Å². The van der Waals surface area contributed by atoms with Crippen molar-refractivity contribution in [2.75, 3.05) is 19.3 Å². The number of hydrogen-bond donors (Lipinski definition) is 1. The Balaban J connectivity index is 1.84. The number of rotatable bonds is 4. The van der Waals surface area contributed by atoms with Gasteiger partial charge in [-0.3, -0.25) is 0 Å². The zero-order valence-electron chi connectivity index (χ0n) is 9.82. The summed E-state index contributed by atoms with van der Waals surface area (Å²) < 4.78 is 0. The average molecular weight is 240 g/mol. The first-order valence-electron chi connectivity index (χ1n) is 6.06. The van der Waals surface area contributed by atoms with E-state index in [0.717, 1.165) is 25.9 Å². The molecule has 1 saturated carbocycles. The number of carbonyl (C=O) groups is 1. The first kappa shape index (κ1) is 11.8. The minimum atomic E-state index is 0.125. The van der Waals surface area contributed by atoms with E-state index in [-0.39, 0.29) is 12.1 Å². The molecule has 1 unspecified atom stereocenters. The van der Waals surface area contributed by atoms with Gasteiger partial charge in [-0.05, 0) is 43.3 Å².